The largest absolute Gasteiger partial charge is 0.329 e. The van der Waals surface area contributed by atoms with Gasteiger partial charge in [0.25, 0.3) is 0 Å². The van der Waals surface area contributed by atoms with Gasteiger partial charge in [-0.25, -0.2) is 0 Å². The third-order valence-electron chi connectivity index (χ3n) is 3.27. The van der Waals surface area contributed by atoms with E-state index in [4.69, 9.17) is 5.73 Å². The maximum Gasteiger partial charge on any atom is 0.0447 e. The molecule has 3 N–H and O–H groups in total. The first-order chi connectivity index (χ1) is 6.49. The summed E-state index contributed by atoms with van der Waals surface area (Å²) in [6.07, 6.45) is 1.17. The Morgan fingerprint density at radius 2 is 2.21 bits per heavy atom. The molecule has 14 heavy (non-hydrogen) atoms. The lowest BCUT2D eigenvalue weighted by Gasteiger charge is -2.29. The van der Waals surface area contributed by atoms with E-state index in [1.165, 1.54) is 6.42 Å². The number of likely N-dealkylation sites (tertiary alicyclic amines) is 1. The summed E-state index contributed by atoms with van der Waals surface area (Å²) in [5.74, 6) is 0.694. The van der Waals surface area contributed by atoms with Crippen LogP contribution in [-0.4, -0.2) is 43.2 Å². The van der Waals surface area contributed by atoms with Crippen LogP contribution < -0.4 is 11.1 Å². The molecule has 0 aromatic carbocycles. The van der Waals surface area contributed by atoms with Crippen molar-refractivity contribution in [3.8, 4) is 0 Å². The number of nitrogens with zero attached hydrogens (tertiary/aromatic N) is 1. The number of nitrogens with one attached hydrogen (secondary N) is 1. The van der Waals surface area contributed by atoms with Crippen molar-refractivity contribution < 1.29 is 0 Å². The third kappa shape index (κ3) is 2.69. The maximum atomic E-state index is 5.89. The second-order valence-corrected chi connectivity index (χ2v) is 5.23. The van der Waals surface area contributed by atoms with Crippen LogP contribution in [-0.2, 0) is 0 Å². The van der Waals surface area contributed by atoms with E-state index in [0.717, 1.165) is 19.6 Å². The van der Waals surface area contributed by atoms with Crippen molar-refractivity contribution in [1.82, 2.24) is 10.2 Å². The molecule has 0 radical (unpaired) electrons. The van der Waals surface area contributed by atoms with E-state index in [9.17, 15) is 0 Å². The molecule has 0 saturated carbocycles. The van der Waals surface area contributed by atoms with Crippen LogP contribution >= 0.6 is 0 Å². The maximum absolute atomic E-state index is 5.89. The van der Waals surface area contributed by atoms with Crippen LogP contribution in [0.3, 0.4) is 0 Å². The van der Waals surface area contributed by atoms with E-state index < -0.39 is 0 Å². The smallest absolute Gasteiger partial charge is 0.0447 e. The first kappa shape index (κ1) is 12.0. The van der Waals surface area contributed by atoms with Gasteiger partial charge >= 0.3 is 0 Å². The Hall–Kier alpha value is -0.120. The van der Waals surface area contributed by atoms with Gasteiger partial charge in [0.15, 0.2) is 0 Å². The van der Waals surface area contributed by atoms with Gasteiger partial charge in [-0.3, -0.25) is 0 Å². The van der Waals surface area contributed by atoms with E-state index in [1.54, 1.807) is 0 Å². The average molecular weight is 199 g/mol. The molecule has 1 saturated heterocycles. The topological polar surface area (TPSA) is 41.3 Å². The fraction of sp³-hybridized carbons (Fsp3) is 1.00. The molecule has 1 rings (SSSR count). The first-order valence-electron chi connectivity index (χ1n) is 5.64. The Labute approximate surface area is 88.0 Å². The molecule has 2 atom stereocenters. The summed E-state index contributed by atoms with van der Waals surface area (Å²) in [4.78, 5) is 2.39. The van der Waals surface area contributed by atoms with Gasteiger partial charge in [0, 0.05) is 24.7 Å². The van der Waals surface area contributed by atoms with E-state index in [2.05, 4.69) is 38.0 Å². The molecule has 1 heterocycles. The Morgan fingerprint density at radius 1 is 1.57 bits per heavy atom. The summed E-state index contributed by atoms with van der Waals surface area (Å²) in [6.45, 7) is 9.64. The molecule has 1 aliphatic rings. The second-order valence-electron chi connectivity index (χ2n) is 5.23. The summed E-state index contributed by atoms with van der Waals surface area (Å²) in [7, 11) is 2.18. The Bertz CT molecular complexity index is 169. The molecule has 0 spiro atoms. The molecule has 1 aliphatic heterocycles. The molecule has 84 valence electrons. The van der Waals surface area contributed by atoms with Gasteiger partial charge in [-0.15, -0.1) is 0 Å². The summed E-state index contributed by atoms with van der Waals surface area (Å²) >= 11 is 0. The van der Waals surface area contributed by atoms with Gasteiger partial charge in [0.05, 0.1) is 0 Å². The molecule has 2 unspecified atom stereocenters. The molecule has 0 aromatic rings. The summed E-state index contributed by atoms with van der Waals surface area (Å²) in [6, 6.07) is 0.651. The monoisotopic (exact) mass is 199 g/mol. The standard InChI is InChI=1S/C11H25N3/c1-9(2)6-13-11(7-12)5-10(3)14(4)8-11/h9-10,13H,5-8,12H2,1-4H3. The number of likely N-dealkylation sites (N-methyl/N-ethyl adjacent to an activating group) is 1. The highest BCUT2D eigenvalue weighted by Crippen LogP contribution is 2.24. The Kier molecular flexibility index (Phi) is 3.93. The molecule has 0 bridgehead atoms. The lowest BCUT2D eigenvalue weighted by Crippen LogP contribution is -2.53. The molecule has 0 amide bonds. The molecular formula is C11H25N3. The summed E-state index contributed by atoms with van der Waals surface area (Å²) < 4.78 is 0. The zero-order valence-electron chi connectivity index (χ0n) is 10.0. The van der Waals surface area contributed by atoms with Crippen molar-refractivity contribution in [2.75, 3.05) is 26.7 Å². The van der Waals surface area contributed by atoms with Gasteiger partial charge in [-0.2, -0.15) is 0 Å². The molecule has 3 nitrogen and oxygen atoms in total. The molecule has 3 heteroatoms. The third-order valence-corrected chi connectivity index (χ3v) is 3.27. The summed E-state index contributed by atoms with van der Waals surface area (Å²) in [5, 5.41) is 3.64. The van der Waals surface area contributed by atoms with Crippen LogP contribution in [0.25, 0.3) is 0 Å². The lowest BCUT2D eigenvalue weighted by atomic mass is 9.95. The fourth-order valence-electron chi connectivity index (χ4n) is 2.19. The van der Waals surface area contributed by atoms with Gasteiger partial charge in [-0.05, 0) is 32.9 Å². The summed E-state index contributed by atoms with van der Waals surface area (Å²) in [5.41, 5.74) is 6.06. The van der Waals surface area contributed by atoms with Gasteiger partial charge in [0.1, 0.15) is 0 Å². The minimum atomic E-state index is 0.165. The van der Waals surface area contributed by atoms with Crippen LogP contribution in [0.2, 0.25) is 0 Å². The van der Waals surface area contributed by atoms with Crippen molar-refractivity contribution in [3.05, 3.63) is 0 Å². The normalized spacial score (nSPS) is 34.3. The Morgan fingerprint density at radius 3 is 2.57 bits per heavy atom. The van der Waals surface area contributed by atoms with E-state index in [-0.39, 0.29) is 5.54 Å². The zero-order valence-corrected chi connectivity index (χ0v) is 10.0. The number of hydrogen-bond acceptors (Lipinski definition) is 3. The van der Waals surface area contributed by atoms with Crippen molar-refractivity contribution >= 4 is 0 Å². The van der Waals surface area contributed by atoms with E-state index in [1.807, 2.05) is 0 Å². The minimum absolute atomic E-state index is 0.165. The van der Waals surface area contributed by atoms with Crippen LogP contribution in [0.1, 0.15) is 27.2 Å². The Balaban J connectivity index is 2.51. The highest BCUT2D eigenvalue weighted by Gasteiger charge is 2.38. The van der Waals surface area contributed by atoms with E-state index in [0.29, 0.717) is 12.0 Å². The highest BCUT2D eigenvalue weighted by molar-refractivity contribution is 5.00. The number of hydrogen-bond donors (Lipinski definition) is 2. The average Bonchev–Trinajstić information content (AvgIpc) is 2.41. The molecule has 1 fully saturated rings. The van der Waals surface area contributed by atoms with Crippen LogP contribution in [0.4, 0.5) is 0 Å². The van der Waals surface area contributed by atoms with Crippen molar-refractivity contribution in [1.29, 1.82) is 0 Å². The van der Waals surface area contributed by atoms with Gasteiger partial charge in [-0.1, -0.05) is 13.8 Å². The minimum Gasteiger partial charge on any atom is -0.329 e. The van der Waals surface area contributed by atoms with Crippen molar-refractivity contribution in [2.45, 2.75) is 38.8 Å². The quantitative estimate of drug-likeness (QED) is 0.698. The predicted octanol–water partition coefficient (Wildman–Crippen LogP) is 0.654. The number of nitrogens with two attached hydrogens (primary N) is 1. The van der Waals surface area contributed by atoms with Crippen LogP contribution in [0.15, 0.2) is 0 Å². The first-order valence-corrected chi connectivity index (χ1v) is 5.64. The second kappa shape index (κ2) is 4.60. The van der Waals surface area contributed by atoms with E-state index >= 15 is 0 Å². The fourth-order valence-corrected chi connectivity index (χ4v) is 2.19. The number of rotatable bonds is 4. The van der Waals surface area contributed by atoms with Crippen molar-refractivity contribution in [2.24, 2.45) is 11.7 Å². The van der Waals surface area contributed by atoms with Gasteiger partial charge < -0.3 is 16.0 Å². The van der Waals surface area contributed by atoms with Crippen LogP contribution in [0, 0.1) is 5.92 Å². The molecule has 0 aromatic heterocycles. The highest BCUT2D eigenvalue weighted by atomic mass is 15.2. The molecule has 0 aliphatic carbocycles. The van der Waals surface area contributed by atoms with Crippen LogP contribution in [0.5, 0.6) is 0 Å². The van der Waals surface area contributed by atoms with Gasteiger partial charge in [0.2, 0.25) is 0 Å². The molecular weight excluding hydrogens is 174 g/mol. The predicted molar refractivity (Wildman–Crippen MR) is 61.3 cm³/mol. The van der Waals surface area contributed by atoms with Crippen molar-refractivity contribution in [3.63, 3.8) is 0 Å². The SMILES string of the molecule is CC(C)CNC1(CN)CC(C)N(C)C1. The zero-order chi connectivity index (χ0) is 10.8. The lowest BCUT2D eigenvalue weighted by molar-refractivity contribution is 0.293.